The van der Waals surface area contributed by atoms with Crippen molar-refractivity contribution in [3.8, 4) is 5.75 Å². The number of carbonyl (C=O) groups excluding carboxylic acids is 1. The van der Waals surface area contributed by atoms with Crippen molar-refractivity contribution in [2.45, 2.75) is 6.32 Å². The molecule has 0 aliphatic rings. The Morgan fingerprint density at radius 3 is 2.65 bits per heavy atom. The lowest BCUT2D eigenvalue weighted by molar-refractivity contribution is -0.131. The summed E-state index contributed by atoms with van der Waals surface area (Å²) in [5, 5.41) is 0. The highest BCUT2D eigenvalue weighted by Gasteiger charge is 2.16. The van der Waals surface area contributed by atoms with Crippen LogP contribution in [-0.2, 0) is 21.2 Å². The molecule has 8 heteroatoms. The smallest absolute Gasteiger partial charge is 0.329 e. The number of nitrogen functional groups attached to an aromatic ring is 1. The van der Waals surface area contributed by atoms with Gasteiger partial charge in [-0.3, -0.25) is 9.35 Å². The Hall–Kier alpha value is -1.54. The minimum atomic E-state index is -4.40. The summed E-state index contributed by atoms with van der Waals surface area (Å²) in [6.07, 6.45) is 0.0829. The highest BCUT2D eigenvalue weighted by Crippen LogP contribution is 2.21. The first-order chi connectivity index (χ1) is 7.81. The fourth-order valence-corrected chi connectivity index (χ4v) is 1.52. The lowest BCUT2D eigenvalue weighted by atomic mass is 9.96. The van der Waals surface area contributed by atoms with Crippen molar-refractivity contribution in [2.75, 3.05) is 11.5 Å². The minimum absolute atomic E-state index is 0.0829. The third-order valence-corrected chi connectivity index (χ3v) is 2.43. The molecule has 1 aromatic rings. The first-order valence-electron chi connectivity index (χ1n) is 4.56. The Kier molecular flexibility index (Phi) is 4.14. The molecule has 0 saturated heterocycles. The van der Waals surface area contributed by atoms with Crippen LogP contribution in [0.4, 0.5) is 5.69 Å². The van der Waals surface area contributed by atoms with E-state index in [1.54, 1.807) is 0 Å². The number of nitrogens with two attached hydrogens (primary N) is 1. The van der Waals surface area contributed by atoms with E-state index in [4.69, 9.17) is 22.9 Å². The van der Waals surface area contributed by atoms with Crippen molar-refractivity contribution >= 4 is 29.6 Å². The fourth-order valence-electron chi connectivity index (χ4n) is 1.16. The quantitative estimate of drug-likeness (QED) is 0.252. The maximum absolute atomic E-state index is 11.1. The van der Waals surface area contributed by atoms with Crippen molar-refractivity contribution in [2.24, 2.45) is 0 Å². The van der Waals surface area contributed by atoms with Crippen LogP contribution in [0, 0.1) is 0 Å². The number of anilines is 1. The Balaban J connectivity index is 2.85. The van der Waals surface area contributed by atoms with Gasteiger partial charge in [-0.1, -0.05) is 6.32 Å². The predicted octanol–water partition coefficient (Wildman–Crippen LogP) is -0.269. The van der Waals surface area contributed by atoms with Crippen LogP contribution >= 0.6 is 0 Å². The molecular weight excluding hydrogens is 245 g/mol. The van der Waals surface area contributed by atoms with Gasteiger partial charge < -0.3 is 10.5 Å². The molecule has 0 atom stereocenters. The first kappa shape index (κ1) is 13.5. The van der Waals surface area contributed by atoms with Gasteiger partial charge in [-0.15, -0.1) is 0 Å². The SMILES string of the molecule is [B]Cc1cc(N)ccc1OC(=O)CS(=O)(=O)O. The Bertz CT molecular complexity index is 528. The second-order valence-electron chi connectivity index (χ2n) is 3.27. The molecule has 0 heterocycles. The van der Waals surface area contributed by atoms with E-state index in [9.17, 15) is 13.2 Å². The molecule has 0 saturated carbocycles. The molecule has 0 aromatic heterocycles. The molecule has 0 unspecified atom stereocenters. The van der Waals surface area contributed by atoms with Crippen molar-refractivity contribution in [1.29, 1.82) is 0 Å². The fraction of sp³-hybridized carbons (Fsp3) is 0.222. The standard InChI is InChI=1S/C9H10BNO5S/c10-4-6-3-7(11)1-2-8(6)16-9(12)5-17(13,14)15/h1-3H,4-5,11H2,(H,13,14,15). The van der Waals surface area contributed by atoms with Gasteiger partial charge in [-0.05, 0) is 23.8 Å². The summed E-state index contributed by atoms with van der Waals surface area (Å²) in [7, 11) is 1.01. The topological polar surface area (TPSA) is 107 Å². The van der Waals surface area contributed by atoms with Crippen LogP contribution in [0.15, 0.2) is 18.2 Å². The van der Waals surface area contributed by atoms with Gasteiger partial charge in [0.2, 0.25) is 0 Å². The average molecular weight is 255 g/mol. The summed E-state index contributed by atoms with van der Waals surface area (Å²) in [5.41, 5.74) is 6.41. The van der Waals surface area contributed by atoms with E-state index in [0.717, 1.165) is 0 Å². The van der Waals surface area contributed by atoms with Crippen LogP contribution in [0.5, 0.6) is 5.75 Å². The molecule has 0 aliphatic carbocycles. The third-order valence-electron chi connectivity index (χ3n) is 1.83. The molecule has 0 amide bonds. The summed E-state index contributed by atoms with van der Waals surface area (Å²) in [4.78, 5) is 11.1. The van der Waals surface area contributed by atoms with Crippen molar-refractivity contribution in [1.82, 2.24) is 0 Å². The second-order valence-corrected chi connectivity index (χ2v) is 4.72. The molecule has 6 nitrogen and oxygen atoms in total. The van der Waals surface area contributed by atoms with Gasteiger partial charge in [0.25, 0.3) is 10.1 Å². The lowest BCUT2D eigenvalue weighted by Gasteiger charge is -2.08. The number of esters is 1. The predicted molar refractivity (Wildman–Crippen MR) is 62.4 cm³/mol. The molecule has 2 radical (unpaired) electrons. The zero-order valence-electron chi connectivity index (χ0n) is 8.79. The summed E-state index contributed by atoms with van der Waals surface area (Å²) >= 11 is 0. The van der Waals surface area contributed by atoms with Crippen molar-refractivity contribution < 1.29 is 22.5 Å². The molecule has 0 spiro atoms. The van der Waals surface area contributed by atoms with Crippen LogP contribution in [0.3, 0.4) is 0 Å². The Morgan fingerprint density at radius 2 is 2.12 bits per heavy atom. The van der Waals surface area contributed by atoms with Crippen LogP contribution in [0.2, 0.25) is 0 Å². The van der Waals surface area contributed by atoms with E-state index in [1.807, 2.05) is 0 Å². The Labute approximate surface area is 99.9 Å². The number of hydrogen-bond donors (Lipinski definition) is 2. The molecule has 0 fully saturated rings. The van der Waals surface area contributed by atoms with Gasteiger partial charge >= 0.3 is 5.97 Å². The number of hydrogen-bond acceptors (Lipinski definition) is 5. The highest BCUT2D eigenvalue weighted by molar-refractivity contribution is 7.86. The number of rotatable bonds is 4. The largest absolute Gasteiger partial charge is 0.425 e. The number of benzene rings is 1. The van der Waals surface area contributed by atoms with E-state index < -0.39 is 21.8 Å². The Morgan fingerprint density at radius 1 is 1.47 bits per heavy atom. The normalized spacial score (nSPS) is 11.1. The summed E-state index contributed by atoms with van der Waals surface area (Å²) in [5.74, 6) is -2.08. The van der Waals surface area contributed by atoms with Gasteiger partial charge in [0.1, 0.15) is 5.75 Å². The van der Waals surface area contributed by atoms with Crippen molar-refractivity contribution in [3.05, 3.63) is 23.8 Å². The summed E-state index contributed by atoms with van der Waals surface area (Å²) in [6, 6.07) is 4.39. The van der Waals surface area contributed by atoms with E-state index in [-0.39, 0.29) is 12.1 Å². The van der Waals surface area contributed by atoms with Crippen LogP contribution in [0.25, 0.3) is 0 Å². The summed E-state index contributed by atoms with van der Waals surface area (Å²) < 4.78 is 34.1. The monoisotopic (exact) mass is 255 g/mol. The number of carbonyl (C=O) groups is 1. The molecule has 90 valence electrons. The molecular formula is C9H10BNO5S. The second kappa shape index (κ2) is 5.20. The maximum Gasteiger partial charge on any atom is 0.329 e. The zero-order valence-corrected chi connectivity index (χ0v) is 9.61. The van der Waals surface area contributed by atoms with E-state index in [1.165, 1.54) is 18.2 Å². The van der Waals surface area contributed by atoms with Gasteiger partial charge in [0.05, 0.1) is 7.85 Å². The maximum atomic E-state index is 11.1. The molecule has 1 rings (SSSR count). The lowest BCUT2D eigenvalue weighted by Crippen LogP contribution is -2.20. The van der Waals surface area contributed by atoms with E-state index in [2.05, 4.69) is 0 Å². The average Bonchev–Trinajstić information content (AvgIpc) is 2.17. The molecule has 1 aromatic carbocycles. The van der Waals surface area contributed by atoms with Crippen LogP contribution in [0.1, 0.15) is 5.56 Å². The van der Waals surface area contributed by atoms with E-state index >= 15 is 0 Å². The van der Waals surface area contributed by atoms with Gasteiger partial charge in [0, 0.05) is 5.69 Å². The highest BCUT2D eigenvalue weighted by atomic mass is 32.2. The van der Waals surface area contributed by atoms with Gasteiger partial charge in [0.15, 0.2) is 5.75 Å². The molecule has 17 heavy (non-hydrogen) atoms. The van der Waals surface area contributed by atoms with Gasteiger partial charge in [-0.2, -0.15) is 8.42 Å². The first-order valence-corrected chi connectivity index (χ1v) is 6.17. The zero-order chi connectivity index (χ0) is 13.1. The van der Waals surface area contributed by atoms with Crippen LogP contribution in [-0.4, -0.2) is 32.5 Å². The third kappa shape index (κ3) is 4.45. The van der Waals surface area contributed by atoms with E-state index in [0.29, 0.717) is 11.3 Å². The van der Waals surface area contributed by atoms with Crippen molar-refractivity contribution in [3.63, 3.8) is 0 Å². The summed E-state index contributed by atoms with van der Waals surface area (Å²) in [6.45, 7) is 0. The molecule has 0 aliphatic heterocycles. The minimum Gasteiger partial charge on any atom is -0.425 e. The van der Waals surface area contributed by atoms with Gasteiger partial charge in [-0.25, -0.2) is 0 Å². The molecule has 3 N–H and O–H groups in total. The van der Waals surface area contributed by atoms with Crippen LogP contribution < -0.4 is 10.5 Å². The molecule has 0 bridgehead atoms. The number of ether oxygens (including phenoxy) is 1.